The van der Waals surface area contributed by atoms with Gasteiger partial charge < -0.3 is 58.1 Å². The van der Waals surface area contributed by atoms with E-state index >= 15 is 0 Å². The number of aromatic amines is 1. The summed E-state index contributed by atoms with van der Waals surface area (Å²) in [6.07, 6.45) is -2.65. The molecule has 0 unspecified atom stereocenters. The maximum absolute atomic E-state index is 13.1. The third-order valence-corrected chi connectivity index (χ3v) is 6.51. The lowest BCUT2D eigenvalue weighted by atomic mass is 10.0. The van der Waals surface area contributed by atoms with Gasteiger partial charge in [0.2, 0.25) is 29.5 Å². The smallest absolute Gasteiger partial charge is 0.326 e. The first-order valence-electron chi connectivity index (χ1n) is 13.7. The highest BCUT2D eigenvalue weighted by atomic mass is 16.4. The Hall–Kier alpha value is -6.05. The fourth-order valence-corrected chi connectivity index (χ4v) is 4.28. The van der Waals surface area contributed by atoms with Crippen LogP contribution in [-0.2, 0) is 49.6 Å². The molecule has 20 heteroatoms. The van der Waals surface area contributed by atoms with E-state index in [9.17, 15) is 63.6 Å². The van der Waals surface area contributed by atoms with Crippen molar-refractivity contribution in [3.63, 3.8) is 0 Å². The molecule has 5 atom stereocenters. The average Bonchev–Trinajstić information content (AvgIpc) is 3.37. The molecule has 0 aliphatic heterocycles. The number of H-pyrrole nitrogens is 1. The molecular formula is C27H33N7O13. The summed E-state index contributed by atoms with van der Waals surface area (Å²) in [5.74, 6) is -12.9. The molecule has 5 amide bonds. The van der Waals surface area contributed by atoms with E-state index in [1.165, 1.54) is 0 Å². The Labute approximate surface area is 264 Å². The Morgan fingerprint density at radius 3 is 1.49 bits per heavy atom. The van der Waals surface area contributed by atoms with E-state index in [4.69, 9.17) is 11.5 Å². The quantitative estimate of drug-likeness (QED) is 0.0691. The maximum atomic E-state index is 13.1. The number of aromatic nitrogens is 1. The molecule has 254 valence electrons. The first-order valence-corrected chi connectivity index (χ1v) is 13.7. The van der Waals surface area contributed by atoms with Crippen LogP contribution in [0.5, 0.6) is 0 Å². The minimum atomic E-state index is -2.06. The van der Waals surface area contributed by atoms with Gasteiger partial charge in [-0.15, -0.1) is 0 Å². The summed E-state index contributed by atoms with van der Waals surface area (Å²) >= 11 is 0. The molecule has 2 rings (SSSR count). The average molecular weight is 664 g/mol. The lowest BCUT2D eigenvalue weighted by molar-refractivity contribution is -0.145. The number of hydrogen-bond donors (Lipinski definition) is 11. The summed E-state index contributed by atoms with van der Waals surface area (Å²) in [5.41, 5.74) is 12.3. The Balaban J connectivity index is 2.21. The van der Waals surface area contributed by atoms with Crippen LogP contribution in [-0.4, -0.2) is 109 Å². The number of aliphatic carboxylic acids is 4. The SMILES string of the molecule is NC(=O)C[C@H](NC(=O)[C@H](CC(=O)O)NC(=O)[C@H](CC(=O)O)NC(=O)[C@H](CC(=O)O)NC(=O)[C@@H](N)Cc1c[nH]c2ccccc12)C(=O)O. The number of primary amides is 1. The molecule has 0 saturated heterocycles. The summed E-state index contributed by atoms with van der Waals surface area (Å²) in [6.45, 7) is 0. The first kappa shape index (κ1) is 37.1. The number of carbonyl (C=O) groups is 9. The third kappa shape index (κ3) is 11.8. The number of rotatable bonds is 19. The van der Waals surface area contributed by atoms with Crippen LogP contribution in [0.3, 0.4) is 0 Å². The molecular weight excluding hydrogens is 630 g/mol. The molecule has 13 N–H and O–H groups in total. The third-order valence-electron chi connectivity index (χ3n) is 6.51. The van der Waals surface area contributed by atoms with Gasteiger partial charge in [0, 0.05) is 17.1 Å². The molecule has 0 radical (unpaired) electrons. The lowest BCUT2D eigenvalue weighted by Crippen LogP contribution is -2.59. The number of benzene rings is 1. The highest BCUT2D eigenvalue weighted by molar-refractivity contribution is 5.99. The van der Waals surface area contributed by atoms with Gasteiger partial charge >= 0.3 is 23.9 Å². The summed E-state index contributed by atoms with van der Waals surface area (Å²) < 4.78 is 0. The zero-order chi connectivity index (χ0) is 35.4. The van der Waals surface area contributed by atoms with Crippen LogP contribution in [0.1, 0.15) is 31.2 Å². The van der Waals surface area contributed by atoms with E-state index < -0.39 is 109 Å². The number of para-hydroxylation sites is 1. The molecule has 1 aromatic carbocycles. The monoisotopic (exact) mass is 663 g/mol. The van der Waals surface area contributed by atoms with Crippen molar-refractivity contribution in [3.05, 3.63) is 36.0 Å². The Bertz CT molecular complexity index is 1560. The second-order valence-electron chi connectivity index (χ2n) is 10.2. The number of nitrogens with one attached hydrogen (secondary N) is 5. The van der Waals surface area contributed by atoms with E-state index in [-0.39, 0.29) is 6.42 Å². The van der Waals surface area contributed by atoms with Gasteiger partial charge in [-0.25, -0.2) is 4.79 Å². The van der Waals surface area contributed by atoms with Gasteiger partial charge in [0.05, 0.1) is 31.7 Å². The number of hydrogen-bond acceptors (Lipinski definition) is 10. The molecule has 0 bridgehead atoms. The van der Waals surface area contributed by atoms with Gasteiger partial charge in [0.15, 0.2) is 0 Å². The molecule has 20 nitrogen and oxygen atoms in total. The van der Waals surface area contributed by atoms with Crippen LogP contribution in [0.2, 0.25) is 0 Å². The highest BCUT2D eigenvalue weighted by Crippen LogP contribution is 2.19. The fourth-order valence-electron chi connectivity index (χ4n) is 4.28. The van der Waals surface area contributed by atoms with E-state index in [2.05, 4.69) is 10.3 Å². The Morgan fingerprint density at radius 2 is 1.06 bits per heavy atom. The number of carbonyl (C=O) groups excluding carboxylic acids is 5. The topological polar surface area (TPSA) is 350 Å². The van der Waals surface area contributed by atoms with Crippen molar-refractivity contribution in [2.75, 3.05) is 0 Å². The molecule has 0 fully saturated rings. The van der Waals surface area contributed by atoms with Gasteiger partial charge in [0.1, 0.15) is 24.2 Å². The highest BCUT2D eigenvalue weighted by Gasteiger charge is 2.34. The number of carboxylic acid groups (broad SMARTS) is 4. The summed E-state index contributed by atoms with van der Waals surface area (Å²) in [4.78, 5) is 111. The van der Waals surface area contributed by atoms with Crippen LogP contribution in [0, 0.1) is 0 Å². The molecule has 0 saturated carbocycles. The number of fused-ring (bicyclic) bond motifs is 1. The number of amides is 5. The van der Waals surface area contributed by atoms with Gasteiger partial charge in [-0.2, -0.15) is 0 Å². The lowest BCUT2D eigenvalue weighted by Gasteiger charge is -2.25. The largest absolute Gasteiger partial charge is 0.481 e. The van der Waals surface area contributed by atoms with Crippen LogP contribution >= 0.6 is 0 Å². The molecule has 0 aliphatic rings. The second-order valence-corrected chi connectivity index (χ2v) is 10.2. The molecule has 0 aliphatic carbocycles. The maximum Gasteiger partial charge on any atom is 0.326 e. The Morgan fingerprint density at radius 1 is 0.638 bits per heavy atom. The van der Waals surface area contributed by atoms with E-state index in [1.807, 2.05) is 16.0 Å². The Kier molecular flexibility index (Phi) is 13.3. The normalized spacial score (nSPS) is 14.0. The summed E-state index contributed by atoms with van der Waals surface area (Å²) in [5, 5.41) is 45.6. The molecule has 2 aromatic rings. The standard InChI is InChI=1S/C27H33N7O13/c28-13(5-11-10-30-14-4-2-1-3-12(11)14)23(42)31-15(7-20(36)37)24(43)32-16(8-21(38)39)25(44)33-17(9-22(40)41)26(45)34-18(27(46)47)6-19(29)35/h1-4,10,13,15-18,30H,5-9,28H2,(H2,29,35)(H,31,42)(H,32,43)(H,33,44)(H,34,45)(H,36,37)(H,38,39)(H,40,41)(H,46,47)/t13-,15-,16-,17-,18-/m0/s1. The predicted molar refractivity (Wildman–Crippen MR) is 156 cm³/mol. The summed E-state index contributed by atoms with van der Waals surface area (Å²) in [7, 11) is 0. The van der Waals surface area contributed by atoms with Crippen molar-refractivity contribution >= 4 is 64.3 Å². The van der Waals surface area contributed by atoms with Crippen LogP contribution < -0.4 is 32.7 Å². The van der Waals surface area contributed by atoms with Crippen molar-refractivity contribution in [2.24, 2.45) is 11.5 Å². The minimum absolute atomic E-state index is 0.0312. The molecule has 0 spiro atoms. The number of nitrogens with two attached hydrogens (primary N) is 2. The number of carboxylic acids is 4. The van der Waals surface area contributed by atoms with Crippen molar-refractivity contribution in [1.82, 2.24) is 26.3 Å². The van der Waals surface area contributed by atoms with Gasteiger partial charge in [-0.1, -0.05) is 18.2 Å². The van der Waals surface area contributed by atoms with E-state index in [0.29, 0.717) is 5.56 Å². The zero-order valence-corrected chi connectivity index (χ0v) is 24.4. The predicted octanol–water partition coefficient (Wildman–Crippen LogP) is -3.64. The minimum Gasteiger partial charge on any atom is -0.481 e. The first-order chi connectivity index (χ1) is 22.0. The molecule has 1 heterocycles. The van der Waals surface area contributed by atoms with Crippen LogP contribution in [0.4, 0.5) is 0 Å². The van der Waals surface area contributed by atoms with Crippen LogP contribution in [0.15, 0.2) is 30.5 Å². The van der Waals surface area contributed by atoms with Gasteiger partial charge in [-0.05, 0) is 18.1 Å². The van der Waals surface area contributed by atoms with Gasteiger partial charge in [0.25, 0.3) is 0 Å². The van der Waals surface area contributed by atoms with Crippen molar-refractivity contribution in [2.45, 2.75) is 62.3 Å². The van der Waals surface area contributed by atoms with E-state index in [1.54, 1.807) is 30.5 Å². The van der Waals surface area contributed by atoms with Gasteiger partial charge in [-0.3, -0.25) is 38.4 Å². The summed E-state index contributed by atoms with van der Waals surface area (Å²) in [6, 6.07) is -2.06. The van der Waals surface area contributed by atoms with Crippen LogP contribution in [0.25, 0.3) is 10.9 Å². The van der Waals surface area contributed by atoms with Crippen molar-refractivity contribution in [3.8, 4) is 0 Å². The van der Waals surface area contributed by atoms with E-state index in [0.717, 1.165) is 10.9 Å². The molecule has 1 aromatic heterocycles. The zero-order valence-electron chi connectivity index (χ0n) is 24.4. The molecule has 47 heavy (non-hydrogen) atoms. The van der Waals surface area contributed by atoms with Crippen molar-refractivity contribution < 1.29 is 63.6 Å². The second kappa shape index (κ2) is 16.9. The van der Waals surface area contributed by atoms with Crippen molar-refractivity contribution in [1.29, 1.82) is 0 Å². The fraction of sp³-hybridized carbons (Fsp3) is 0.370.